The van der Waals surface area contributed by atoms with Crippen molar-refractivity contribution >= 4 is 28.2 Å². The smallest absolute Gasteiger partial charge is 0.267 e. The van der Waals surface area contributed by atoms with Crippen molar-refractivity contribution in [1.29, 1.82) is 0 Å². The molecule has 104 valence electrons. The second kappa shape index (κ2) is 5.36. The fourth-order valence-electron chi connectivity index (χ4n) is 2.37. The molecule has 0 atom stereocenters. The summed E-state index contributed by atoms with van der Waals surface area (Å²) in [5.74, 6) is 0.433. The molecule has 1 aliphatic carbocycles. The zero-order valence-electron chi connectivity index (χ0n) is 11.0. The summed E-state index contributed by atoms with van der Waals surface area (Å²) in [4.78, 5) is 19.3. The largest absolute Gasteiger partial charge is 0.382 e. The van der Waals surface area contributed by atoms with Gasteiger partial charge in [0.1, 0.15) is 10.7 Å². The Morgan fingerprint density at radius 2 is 1.95 bits per heavy atom. The number of nitrogens with two attached hydrogens (primary N) is 1. The standard InChI is InChI=1S/C13H20N4OS/c14-11-10(19-13(16-11)15-9-5-6-9)12(18)17-7-3-1-2-4-8-17/h9H,1-8,14H2,(H,15,16). The zero-order chi connectivity index (χ0) is 13.2. The van der Waals surface area contributed by atoms with E-state index in [-0.39, 0.29) is 5.91 Å². The Kier molecular flexibility index (Phi) is 3.59. The molecule has 19 heavy (non-hydrogen) atoms. The molecular weight excluding hydrogens is 260 g/mol. The first-order valence-corrected chi connectivity index (χ1v) is 7.88. The Labute approximate surface area is 117 Å². The number of thiazole rings is 1. The highest BCUT2D eigenvalue weighted by molar-refractivity contribution is 7.18. The van der Waals surface area contributed by atoms with Gasteiger partial charge in [-0.05, 0) is 25.7 Å². The van der Waals surface area contributed by atoms with E-state index in [1.807, 2.05) is 4.90 Å². The van der Waals surface area contributed by atoms with E-state index in [1.165, 1.54) is 37.0 Å². The zero-order valence-corrected chi connectivity index (χ0v) is 11.8. The molecule has 0 unspecified atom stereocenters. The summed E-state index contributed by atoms with van der Waals surface area (Å²) < 4.78 is 0. The second-order valence-electron chi connectivity index (χ2n) is 5.36. The van der Waals surface area contributed by atoms with Crippen molar-refractivity contribution < 1.29 is 4.79 Å². The molecule has 3 rings (SSSR count). The van der Waals surface area contributed by atoms with Gasteiger partial charge in [0.25, 0.3) is 5.91 Å². The van der Waals surface area contributed by atoms with Gasteiger partial charge in [-0.25, -0.2) is 4.98 Å². The molecule has 2 heterocycles. The number of carbonyl (C=O) groups is 1. The van der Waals surface area contributed by atoms with Gasteiger partial charge in [0, 0.05) is 19.1 Å². The molecule has 0 radical (unpaired) electrons. The van der Waals surface area contributed by atoms with E-state index in [4.69, 9.17) is 5.73 Å². The highest BCUT2D eigenvalue weighted by atomic mass is 32.1. The quantitative estimate of drug-likeness (QED) is 0.891. The molecule has 0 bridgehead atoms. The van der Waals surface area contributed by atoms with Gasteiger partial charge in [0.15, 0.2) is 5.13 Å². The van der Waals surface area contributed by atoms with Crippen molar-refractivity contribution in [2.75, 3.05) is 24.1 Å². The van der Waals surface area contributed by atoms with Crippen molar-refractivity contribution in [3.05, 3.63) is 4.88 Å². The van der Waals surface area contributed by atoms with Crippen molar-refractivity contribution in [3.63, 3.8) is 0 Å². The lowest BCUT2D eigenvalue weighted by Gasteiger charge is -2.19. The maximum Gasteiger partial charge on any atom is 0.267 e. The molecule has 1 aliphatic heterocycles. The number of hydrogen-bond acceptors (Lipinski definition) is 5. The number of carbonyl (C=O) groups excluding carboxylic acids is 1. The van der Waals surface area contributed by atoms with Crippen LogP contribution in [0.4, 0.5) is 10.9 Å². The lowest BCUT2D eigenvalue weighted by molar-refractivity contribution is 0.0767. The molecule has 0 aromatic carbocycles. The number of amides is 1. The first kappa shape index (κ1) is 12.7. The van der Waals surface area contributed by atoms with E-state index in [0.717, 1.165) is 31.1 Å². The van der Waals surface area contributed by atoms with Crippen LogP contribution in [0, 0.1) is 0 Å². The van der Waals surface area contributed by atoms with Crippen LogP contribution in [0.5, 0.6) is 0 Å². The Balaban J connectivity index is 1.72. The molecule has 1 aromatic heterocycles. The molecule has 0 spiro atoms. The molecule has 2 fully saturated rings. The summed E-state index contributed by atoms with van der Waals surface area (Å²) in [6.45, 7) is 1.70. The summed E-state index contributed by atoms with van der Waals surface area (Å²) >= 11 is 1.40. The van der Waals surface area contributed by atoms with Gasteiger partial charge in [-0.3, -0.25) is 4.79 Å². The first-order valence-electron chi connectivity index (χ1n) is 7.06. The number of anilines is 2. The molecule has 1 saturated heterocycles. The average Bonchev–Trinajstić information content (AvgIpc) is 3.16. The Bertz CT molecular complexity index is 461. The summed E-state index contributed by atoms with van der Waals surface area (Å²) in [6.07, 6.45) is 7.01. The van der Waals surface area contributed by atoms with Gasteiger partial charge >= 0.3 is 0 Å². The van der Waals surface area contributed by atoms with Gasteiger partial charge in [-0.1, -0.05) is 24.2 Å². The molecule has 2 aliphatic rings. The number of rotatable bonds is 3. The summed E-state index contributed by atoms with van der Waals surface area (Å²) in [5, 5.41) is 4.09. The molecular formula is C13H20N4OS. The van der Waals surface area contributed by atoms with Gasteiger partial charge in [0.05, 0.1) is 0 Å². The molecule has 1 aromatic rings. The number of nitrogen functional groups attached to an aromatic ring is 1. The number of nitrogens with zero attached hydrogens (tertiary/aromatic N) is 2. The fourth-order valence-corrected chi connectivity index (χ4v) is 3.30. The van der Waals surface area contributed by atoms with Gasteiger partial charge < -0.3 is 16.0 Å². The van der Waals surface area contributed by atoms with Gasteiger partial charge in [-0.15, -0.1) is 0 Å². The van der Waals surface area contributed by atoms with E-state index < -0.39 is 0 Å². The highest BCUT2D eigenvalue weighted by Crippen LogP contribution is 2.31. The third-order valence-corrected chi connectivity index (χ3v) is 4.64. The summed E-state index contributed by atoms with van der Waals surface area (Å²) in [7, 11) is 0. The van der Waals surface area contributed by atoms with Crippen LogP contribution >= 0.6 is 11.3 Å². The minimum Gasteiger partial charge on any atom is -0.382 e. The van der Waals surface area contributed by atoms with E-state index in [0.29, 0.717) is 16.7 Å². The predicted molar refractivity (Wildman–Crippen MR) is 77.5 cm³/mol. The van der Waals surface area contributed by atoms with Crippen molar-refractivity contribution in [1.82, 2.24) is 9.88 Å². The predicted octanol–water partition coefficient (Wildman–Crippen LogP) is 2.32. The molecule has 1 amide bonds. The van der Waals surface area contributed by atoms with E-state index in [1.54, 1.807) is 0 Å². The second-order valence-corrected chi connectivity index (χ2v) is 6.36. The summed E-state index contributed by atoms with van der Waals surface area (Å²) in [6, 6.07) is 0.534. The van der Waals surface area contributed by atoms with Crippen LogP contribution in [0.3, 0.4) is 0 Å². The fraction of sp³-hybridized carbons (Fsp3) is 0.692. The molecule has 5 nitrogen and oxygen atoms in total. The van der Waals surface area contributed by atoms with Crippen molar-refractivity contribution in [3.8, 4) is 0 Å². The minimum atomic E-state index is 0.0562. The number of likely N-dealkylation sites (tertiary alicyclic amines) is 1. The van der Waals surface area contributed by atoms with Gasteiger partial charge in [-0.2, -0.15) is 0 Å². The lowest BCUT2D eigenvalue weighted by Crippen LogP contribution is -2.31. The molecule has 6 heteroatoms. The van der Waals surface area contributed by atoms with Crippen LogP contribution in [0.1, 0.15) is 48.2 Å². The Morgan fingerprint density at radius 1 is 1.26 bits per heavy atom. The van der Waals surface area contributed by atoms with Crippen LogP contribution in [0.15, 0.2) is 0 Å². The van der Waals surface area contributed by atoms with Crippen LogP contribution in [0.25, 0.3) is 0 Å². The maximum absolute atomic E-state index is 12.5. The average molecular weight is 280 g/mol. The molecule has 1 saturated carbocycles. The van der Waals surface area contributed by atoms with Crippen LogP contribution in [-0.4, -0.2) is 34.9 Å². The molecule has 3 N–H and O–H groups in total. The topological polar surface area (TPSA) is 71.2 Å². The van der Waals surface area contributed by atoms with E-state index in [9.17, 15) is 4.79 Å². The van der Waals surface area contributed by atoms with Crippen LogP contribution in [0.2, 0.25) is 0 Å². The van der Waals surface area contributed by atoms with Crippen LogP contribution in [-0.2, 0) is 0 Å². The minimum absolute atomic E-state index is 0.0562. The van der Waals surface area contributed by atoms with Gasteiger partial charge in [0.2, 0.25) is 0 Å². The SMILES string of the molecule is Nc1nc(NC2CC2)sc1C(=O)N1CCCCCC1. The number of aromatic nitrogens is 1. The third kappa shape index (κ3) is 3.00. The van der Waals surface area contributed by atoms with Crippen molar-refractivity contribution in [2.45, 2.75) is 44.6 Å². The van der Waals surface area contributed by atoms with Crippen molar-refractivity contribution in [2.24, 2.45) is 0 Å². The highest BCUT2D eigenvalue weighted by Gasteiger charge is 2.26. The van der Waals surface area contributed by atoms with E-state index >= 15 is 0 Å². The summed E-state index contributed by atoms with van der Waals surface area (Å²) in [5.41, 5.74) is 5.90. The number of hydrogen-bond donors (Lipinski definition) is 2. The Hall–Kier alpha value is -1.30. The first-order chi connectivity index (χ1) is 9.24. The maximum atomic E-state index is 12.5. The Morgan fingerprint density at radius 3 is 2.58 bits per heavy atom. The lowest BCUT2D eigenvalue weighted by atomic mass is 10.2. The normalized spacial score (nSPS) is 20.1. The third-order valence-electron chi connectivity index (χ3n) is 3.65. The van der Waals surface area contributed by atoms with Crippen LogP contribution < -0.4 is 11.1 Å². The number of nitrogens with one attached hydrogen (secondary N) is 1. The monoisotopic (exact) mass is 280 g/mol. The van der Waals surface area contributed by atoms with E-state index in [2.05, 4.69) is 10.3 Å².